The van der Waals surface area contributed by atoms with E-state index in [-0.39, 0.29) is 17.7 Å². The number of hydrogen-bond acceptors (Lipinski definition) is 8. The molecule has 0 bridgehead atoms. The standard InChI is InChI=1S/C35H38N6O4/c1-21(2)29-13-14-30(38-37-29)23-9-11-28(12-10-23)44-31-16-24(7-8-25(31)19-40-18-22(3)15-32(40)42)35-36-34(39-45-35)26-17-33(43)41(20-26)27-5-4-6-27/h7-14,16,21-22,26-27H,4-6,15,17-20H2,1-3H3. The van der Waals surface area contributed by atoms with Crippen LogP contribution in [0.1, 0.15) is 81.8 Å². The maximum absolute atomic E-state index is 12.6. The number of carbonyl (C=O) groups excluding carboxylic acids is 2. The average molecular weight is 607 g/mol. The SMILES string of the molecule is CC1CC(=O)N(Cc2ccc(-c3nc(C4CC(=O)N(C5CCC5)C4)no3)cc2Oc2ccc(-c3ccc(C(C)C)nn3)cc2)C1. The molecule has 2 aliphatic heterocycles. The Morgan fingerprint density at radius 3 is 2.40 bits per heavy atom. The molecule has 232 valence electrons. The van der Waals surface area contributed by atoms with E-state index in [1.54, 1.807) is 0 Å². The first-order chi connectivity index (χ1) is 21.8. The molecule has 0 radical (unpaired) electrons. The van der Waals surface area contributed by atoms with Crippen molar-refractivity contribution in [2.75, 3.05) is 13.1 Å². The van der Waals surface area contributed by atoms with Crippen molar-refractivity contribution in [2.45, 2.75) is 77.3 Å². The average Bonchev–Trinajstić information content (AvgIpc) is 3.72. The van der Waals surface area contributed by atoms with Gasteiger partial charge in [-0.2, -0.15) is 15.2 Å². The number of aromatic nitrogens is 4. The molecule has 2 amide bonds. The molecule has 2 saturated heterocycles. The van der Waals surface area contributed by atoms with Crippen LogP contribution >= 0.6 is 0 Å². The highest BCUT2D eigenvalue weighted by molar-refractivity contribution is 5.80. The Morgan fingerprint density at radius 2 is 1.73 bits per heavy atom. The maximum Gasteiger partial charge on any atom is 0.258 e. The highest BCUT2D eigenvalue weighted by Gasteiger charge is 2.39. The van der Waals surface area contributed by atoms with E-state index in [4.69, 9.17) is 14.2 Å². The lowest BCUT2D eigenvalue weighted by molar-refractivity contribution is -0.131. The third-order valence-electron chi connectivity index (χ3n) is 9.22. The van der Waals surface area contributed by atoms with Crippen molar-refractivity contribution < 1.29 is 18.8 Å². The van der Waals surface area contributed by atoms with Gasteiger partial charge in [0, 0.05) is 61.1 Å². The minimum Gasteiger partial charge on any atom is -0.457 e. The molecule has 3 fully saturated rings. The van der Waals surface area contributed by atoms with Crippen molar-refractivity contribution in [3.05, 3.63) is 71.7 Å². The molecule has 1 saturated carbocycles. The van der Waals surface area contributed by atoms with E-state index in [0.29, 0.717) is 72.6 Å². The molecule has 2 atom stereocenters. The zero-order valence-electron chi connectivity index (χ0n) is 26.0. The van der Waals surface area contributed by atoms with Crippen molar-refractivity contribution in [3.63, 3.8) is 0 Å². The zero-order chi connectivity index (χ0) is 31.1. The fourth-order valence-electron chi connectivity index (χ4n) is 6.34. The van der Waals surface area contributed by atoms with Gasteiger partial charge in [-0.05, 0) is 79.6 Å². The Kier molecular flexibility index (Phi) is 7.81. The lowest BCUT2D eigenvalue weighted by Crippen LogP contribution is -2.40. The second kappa shape index (κ2) is 12.1. The lowest BCUT2D eigenvalue weighted by Gasteiger charge is -2.34. The molecular formula is C35H38N6O4. The van der Waals surface area contributed by atoms with Crippen LogP contribution in [0.5, 0.6) is 11.5 Å². The Hall–Kier alpha value is -4.60. The summed E-state index contributed by atoms with van der Waals surface area (Å²) < 4.78 is 12.2. The summed E-state index contributed by atoms with van der Waals surface area (Å²) >= 11 is 0. The first kappa shape index (κ1) is 29.1. The summed E-state index contributed by atoms with van der Waals surface area (Å²) in [6, 6.07) is 17.9. The van der Waals surface area contributed by atoms with Crippen molar-refractivity contribution >= 4 is 11.8 Å². The van der Waals surface area contributed by atoms with Crippen LogP contribution in [-0.4, -0.2) is 61.1 Å². The normalized spacial score (nSPS) is 20.4. The number of ether oxygens (including phenoxy) is 1. The quantitative estimate of drug-likeness (QED) is 0.217. The lowest BCUT2D eigenvalue weighted by atomic mass is 9.92. The Bertz CT molecular complexity index is 1700. The van der Waals surface area contributed by atoms with E-state index < -0.39 is 0 Å². The summed E-state index contributed by atoms with van der Waals surface area (Å²) in [5.41, 5.74) is 4.29. The van der Waals surface area contributed by atoms with E-state index in [0.717, 1.165) is 41.9 Å². The van der Waals surface area contributed by atoms with Gasteiger partial charge in [0.15, 0.2) is 5.82 Å². The van der Waals surface area contributed by atoms with Gasteiger partial charge in [-0.1, -0.05) is 32.0 Å². The third-order valence-corrected chi connectivity index (χ3v) is 9.22. The molecule has 4 heterocycles. The number of carbonyl (C=O) groups is 2. The number of hydrogen-bond donors (Lipinski definition) is 0. The molecule has 2 aromatic heterocycles. The van der Waals surface area contributed by atoms with E-state index in [2.05, 4.69) is 36.1 Å². The van der Waals surface area contributed by atoms with Crippen molar-refractivity contribution in [2.24, 2.45) is 5.92 Å². The molecule has 0 spiro atoms. The second-order valence-corrected chi connectivity index (χ2v) is 13.0. The first-order valence-corrected chi connectivity index (χ1v) is 16.0. The molecule has 10 nitrogen and oxygen atoms in total. The molecule has 2 aromatic carbocycles. The van der Waals surface area contributed by atoms with Gasteiger partial charge in [-0.25, -0.2) is 0 Å². The third kappa shape index (κ3) is 6.06. The van der Waals surface area contributed by atoms with Crippen LogP contribution in [0.15, 0.2) is 59.1 Å². The van der Waals surface area contributed by atoms with Crippen LogP contribution in [0.3, 0.4) is 0 Å². The van der Waals surface area contributed by atoms with Gasteiger partial charge >= 0.3 is 0 Å². The number of rotatable bonds is 9. The van der Waals surface area contributed by atoms with E-state index in [9.17, 15) is 9.59 Å². The van der Waals surface area contributed by atoms with Crippen molar-refractivity contribution in [1.29, 1.82) is 0 Å². The van der Waals surface area contributed by atoms with Crippen LogP contribution in [0.2, 0.25) is 0 Å². The van der Waals surface area contributed by atoms with Gasteiger partial charge in [-0.3, -0.25) is 9.59 Å². The smallest absolute Gasteiger partial charge is 0.258 e. The maximum atomic E-state index is 12.6. The molecule has 4 aromatic rings. The number of nitrogens with zero attached hydrogens (tertiary/aromatic N) is 6. The molecule has 1 aliphatic carbocycles. The van der Waals surface area contributed by atoms with Gasteiger partial charge in [0.05, 0.1) is 11.4 Å². The van der Waals surface area contributed by atoms with Gasteiger partial charge < -0.3 is 19.1 Å². The second-order valence-electron chi connectivity index (χ2n) is 13.0. The topological polar surface area (TPSA) is 115 Å². The van der Waals surface area contributed by atoms with Crippen LogP contribution < -0.4 is 4.74 Å². The predicted octanol–water partition coefficient (Wildman–Crippen LogP) is 6.35. The van der Waals surface area contributed by atoms with Crippen LogP contribution in [0, 0.1) is 5.92 Å². The minimum atomic E-state index is -0.0708. The van der Waals surface area contributed by atoms with Gasteiger partial charge in [0.2, 0.25) is 11.8 Å². The molecule has 45 heavy (non-hydrogen) atoms. The molecule has 0 N–H and O–H groups in total. The molecule has 3 aliphatic rings. The van der Waals surface area contributed by atoms with Crippen molar-refractivity contribution in [1.82, 2.24) is 30.1 Å². The fourth-order valence-corrected chi connectivity index (χ4v) is 6.34. The van der Waals surface area contributed by atoms with Gasteiger partial charge in [-0.15, -0.1) is 0 Å². The summed E-state index contributed by atoms with van der Waals surface area (Å²) in [4.78, 5) is 33.8. The Morgan fingerprint density at radius 1 is 0.933 bits per heavy atom. The molecule has 7 rings (SSSR count). The number of amides is 2. The molecular weight excluding hydrogens is 568 g/mol. The van der Waals surface area contributed by atoms with E-state index >= 15 is 0 Å². The monoisotopic (exact) mass is 606 g/mol. The van der Waals surface area contributed by atoms with Gasteiger partial charge in [0.1, 0.15) is 11.5 Å². The number of benzene rings is 2. The van der Waals surface area contributed by atoms with E-state index in [1.807, 2.05) is 64.4 Å². The first-order valence-electron chi connectivity index (χ1n) is 16.0. The minimum absolute atomic E-state index is 0.0708. The summed E-state index contributed by atoms with van der Waals surface area (Å²) in [6.45, 7) is 8.09. The largest absolute Gasteiger partial charge is 0.457 e. The molecule has 2 unspecified atom stereocenters. The fraction of sp³-hybridized carbons (Fsp3) is 0.429. The summed E-state index contributed by atoms with van der Waals surface area (Å²) in [5.74, 6) is 3.09. The van der Waals surface area contributed by atoms with Gasteiger partial charge in [0.25, 0.3) is 5.89 Å². The van der Waals surface area contributed by atoms with Crippen molar-refractivity contribution in [3.8, 4) is 34.2 Å². The van der Waals surface area contributed by atoms with Crippen LogP contribution in [-0.2, 0) is 16.1 Å². The Balaban J connectivity index is 1.13. The summed E-state index contributed by atoms with van der Waals surface area (Å²) in [6.07, 6.45) is 4.31. The highest BCUT2D eigenvalue weighted by Crippen LogP contribution is 2.36. The summed E-state index contributed by atoms with van der Waals surface area (Å²) in [5, 5.41) is 13.0. The number of likely N-dealkylation sites (tertiary alicyclic amines) is 2. The van der Waals surface area contributed by atoms with E-state index in [1.165, 1.54) is 6.42 Å². The summed E-state index contributed by atoms with van der Waals surface area (Å²) in [7, 11) is 0. The zero-order valence-corrected chi connectivity index (χ0v) is 26.0. The van der Waals surface area contributed by atoms with Crippen LogP contribution in [0.25, 0.3) is 22.7 Å². The molecule has 10 heteroatoms. The van der Waals surface area contributed by atoms with Crippen LogP contribution in [0.4, 0.5) is 0 Å². The highest BCUT2D eigenvalue weighted by atomic mass is 16.5. The predicted molar refractivity (Wildman–Crippen MR) is 167 cm³/mol. The Labute approximate surface area is 262 Å².